The second kappa shape index (κ2) is 6.40. The van der Waals surface area contributed by atoms with Crippen LogP contribution in [0.2, 0.25) is 0 Å². The lowest BCUT2D eigenvalue weighted by atomic mass is 9.94. The third-order valence-corrected chi connectivity index (χ3v) is 6.46. The molecule has 6 nitrogen and oxygen atoms in total. The highest BCUT2D eigenvalue weighted by Gasteiger charge is 2.32. The summed E-state index contributed by atoms with van der Waals surface area (Å²) in [6.07, 6.45) is 0. The van der Waals surface area contributed by atoms with Crippen molar-refractivity contribution in [2.45, 2.75) is 4.90 Å². The molecule has 0 N–H and O–H groups in total. The normalized spacial score (nSPS) is 13.8. The molecule has 0 aliphatic carbocycles. The van der Waals surface area contributed by atoms with Gasteiger partial charge < -0.3 is 4.18 Å². The molecule has 2 amide bonds. The van der Waals surface area contributed by atoms with Crippen LogP contribution < -0.4 is 4.18 Å². The summed E-state index contributed by atoms with van der Waals surface area (Å²) in [5.41, 5.74) is 0.523. The average Bonchev–Trinajstić information content (AvgIpc) is 2.75. The first-order chi connectivity index (χ1) is 14.3. The number of carbonyl (C=O) groups is 2. The summed E-state index contributed by atoms with van der Waals surface area (Å²) in [6.45, 7) is 0. The highest BCUT2D eigenvalue weighted by molar-refractivity contribution is 7.87. The maximum Gasteiger partial charge on any atom is 0.339 e. The second-order valence-electron chi connectivity index (χ2n) is 7.09. The van der Waals surface area contributed by atoms with E-state index in [2.05, 4.69) is 0 Å². The molecule has 0 atom stereocenters. The second-order valence-corrected chi connectivity index (χ2v) is 8.64. The smallest absolute Gasteiger partial charge is 0.339 e. The zero-order chi connectivity index (χ0) is 21.0. The summed E-state index contributed by atoms with van der Waals surface area (Å²) in [6, 6.07) is 20.2. The lowest BCUT2D eigenvalue weighted by Crippen LogP contribution is -2.37. The predicted molar refractivity (Wildman–Crippen MR) is 112 cm³/mol. The van der Waals surface area contributed by atoms with Crippen molar-refractivity contribution in [3.63, 3.8) is 0 Å². The summed E-state index contributed by atoms with van der Waals surface area (Å²) in [7, 11) is -2.83. The van der Waals surface area contributed by atoms with E-state index in [1.54, 1.807) is 36.4 Å². The van der Waals surface area contributed by atoms with Crippen molar-refractivity contribution in [3.05, 3.63) is 83.9 Å². The summed E-state index contributed by atoms with van der Waals surface area (Å²) in [5.74, 6) is -0.789. The molecule has 1 heterocycles. The van der Waals surface area contributed by atoms with E-state index in [4.69, 9.17) is 4.18 Å². The van der Waals surface area contributed by atoms with Crippen LogP contribution in [0.25, 0.3) is 21.5 Å². The van der Waals surface area contributed by atoms with Gasteiger partial charge in [-0.3, -0.25) is 14.5 Å². The third kappa shape index (κ3) is 2.74. The molecule has 1 aliphatic heterocycles. The topological polar surface area (TPSA) is 80.8 Å². The molecule has 1 aliphatic rings. The van der Waals surface area contributed by atoms with Gasteiger partial charge in [-0.15, -0.1) is 0 Å². The molecule has 7 heteroatoms. The van der Waals surface area contributed by atoms with Crippen molar-refractivity contribution in [1.82, 2.24) is 4.90 Å². The van der Waals surface area contributed by atoms with Gasteiger partial charge in [0.2, 0.25) is 0 Å². The van der Waals surface area contributed by atoms with Gasteiger partial charge in [0.1, 0.15) is 10.6 Å². The summed E-state index contributed by atoms with van der Waals surface area (Å²) in [4.78, 5) is 25.9. The molecular formula is C23H15NO5S. The van der Waals surface area contributed by atoms with Crippen LogP contribution in [0.1, 0.15) is 20.7 Å². The molecule has 0 fully saturated rings. The van der Waals surface area contributed by atoms with Crippen LogP contribution in [0.15, 0.2) is 77.7 Å². The Morgan fingerprint density at radius 3 is 2.23 bits per heavy atom. The van der Waals surface area contributed by atoms with Gasteiger partial charge in [0, 0.05) is 18.0 Å². The van der Waals surface area contributed by atoms with Crippen LogP contribution in [0, 0.1) is 0 Å². The zero-order valence-electron chi connectivity index (χ0n) is 15.8. The summed E-state index contributed by atoms with van der Waals surface area (Å²) in [5, 5.41) is 2.75. The minimum absolute atomic E-state index is 0.147. The number of nitrogens with zero attached hydrogens (tertiary/aromatic N) is 1. The van der Waals surface area contributed by atoms with Gasteiger partial charge in [0.05, 0.1) is 5.56 Å². The lowest BCUT2D eigenvalue weighted by molar-refractivity contribution is 0.0650. The number of fused-ring (bicyclic) bond motifs is 1. The molecule has 0 bridgehead atoms. The van der Waals surface area contributed by atoms with Gasteiger partial charge in [-0.25, -0.2) is 0 Å². The van der Waals surface area contributed by atoms with Crippen molar-refractivity contribution in [1.29, 1.82) is 0 Å². The van der Waals surface area contributed by atoms with Gasteiger partial charge in [-0.1, -0.05) is 42.5 Å². The monoisotopic (exact) mass is 417 g/mol. The Kier molecular flexibility index (Phi) is 3.91. The molecule has 148 valence electrons. The maximum absolute atomic E-state index is 13.0. The molecule has 0 spiro atoms. The molecule has 4 aromatic rings. The van der Waals surface area contributed by atoms with Crippen LogP contribution in [0.4, 0.5) is 0 Å². The Morgan fingerprint density at radius 2 is 1.43 bits per heavy atom. The Bertz CT molecular complexity index is 1490. The number of imide groups is 1. The van der Waals surface area contributed by atoms with Gasteiger partial charge in [0.25, 0.3) is 11.8 Å². The Hall–Kier alpha value is -3.71. The van der Waals surface area contributed by atoms with Crippen LogP contribution in [0.5, 0.6) is 5.75 Å². The van der Waals surface area contributed by atoms with Crippen LogP contribution in [-0.4, -0.2) is 32.2 Å². The quantitative estimate of drug-likeness (QED) is 0.372. The van der Waals surface area contributed by atoms with E-state index in [1.165, 1.54) is 19.2 Å². The predicted octanol–water partition coefficient (Wildman–Crippen LogP) is 3.99. The fourth-order valence-electron chi connectivity index (χ4n) is 3.74. The highest BCUT2D eigenvalue weighted by atomic mass is 32.2. The standard InChI is InChI=1S/C23H15NO5S/c1-24-22(25)19-8-4-7-16-12-18(13-20(21(16)19)23(24)26)30(27,28)29-17-10-9-14-5-2-3-6-15(14)11-17/h2-13H,1H3. The molecule has 30 heavy (non-hydrogen) atoms. The van der Waals surface area contributed by atoms with Gasteiger partial charge in [-0.2, -0.15) is 8.42 Å². The number of hydrogen-bond donors (Lipinski definition) is 0. The van der Waals surface area contributed by atoms with Crippen LogP contribution in [0.3, 0.4) is 0 Å². The Morgan fingerprint density at radius 1 is 0.733 bits per heavy atom. The van der Waals surface area contributed by atoms with Gasteiger partial charge in [-0.05, 0) is 46.5 Å². The Labute approximate surface area is 172 Å². The van der Waals surface area contributed by atoms with Crippen molar-refractivity contribution in [2.24, 2.45) is 0 Å². The first-order valence-corrected chi connectivity index (χ1v) is 10.6. The first kappa shape index (κ1) is 18.3. The zero-order valence-corrected chi connectivity index (χ0v) is 16.6. The fraction of sp³-hybridized carbons (Fsp3) is 0.0435. The van der Waals surface area contributed by atoms with Crippen molar-refractivity contribution in [2.75, 3.05) is 7.05 Å². The van der Waals surface area contributed by atoms with E-state index in [0.717, 1.165) is 15.7 Å². The van der Waals surface area contributed by atoms with E-state index < -0.39 is 21.9 Å². The summed E-state index contributed by atoms with van der Waals surface area (Å²) < 4.78 is 31.3. The third-order valence-electron chi connectivity index (χ3n) is 5.24. The number of benzene rings is 4. The average molecular weight is 417 g/mol. The van der Waals surface area contributed by atoms with Gasteiger partial charge in [0.15, 0.2) is 0 Å². The minimum atomic E-state index is -4.20. The molecule has 5 rings (SSSR count). The van der Waals surface area contributed by atoms with Crippen molar-refractivity contribution < 1.29 is 22.2 Å². The molecule has 0 aromatic heterocycles. The Balaban J connectivity index is 1.63. The minimum Gasteiger partial charge on any atom is -0.379 e. The number of carbonyl (C=O) groups excluding carboxylic acids is 2. The van der Waals surface area contributed by atoms with E-state index in [0.29, 0.717) is 16.3 Å². The lowest BCUT2D eigenvalue weighted by Gasteiger charge is -2.24. The largest absolute Gasteiger partial charge is 0.379 e. The number of hydrogen-bond acceptors (Lipinski definition) is 5. The SMILES string of the molecule is CN1C(=O)c2cccc3cc(S(=O)(=O)Oc4ccc5ccccc5c4)cc(c23)C1=O. The molecular weight excluding hydrogens is 402 g/mol. The molecule has 0 saturated carbocycles. The fourth-order valence-corrected chi connectivity index (χ4v) is 4.73. The number of rotatable bonds is 3. The molecule has 4 aromatic carbocycles. The van der Waals surface area contributed by atoms with Crippen LogP contribution >= 0.6 is 0 Å². The van der Waals surface area contributed by atoms with E-state index in [9.17, 15) is 18.0 Å². The van der Waals surface area contributed by atoms with E-state index in [1.807, 2.05) is 24.3 Å². The first-order valence-electron chi connectivity index (χ1n) is 9.18. The van der Waals surface area contributed by atoms with Crippen molar-refractivity contribution >= 4 is 43.5 Å². The summed E-state index contributed by atoms with van der Waals surface area (Å²) >= 11 is 0. The molecule has 0 radical (unpaired) electrons. The molecule has 0 saturated heterocycles. The molecule has 0 unspecified atom stereocenters. The highest BCUT2D eigenvalue weighted by Crippen LogP contribution is 2.33. The van der Waals surface area contributed by atoms with E-state index >= 15 is 0 Å². The van der Waals surface area contributed by atoms with Gasteiger partial charge >= 0.3 is 10.1 Å². The van der Waals surface area contributed by atoms with Crippen LogP contribution in [-0.2, 0) is 10.1 Å². The van der Waals surface area contributed by atoms with E-state index in [-0.39, 0.29) is 16.2 Å². The number of amides is 2. The maximum atomic E-state index is 13.0. The van der Waals surface area contributed by atoms with Crippen molar-refractivity contribution in [3.8, 4) is 5.75 Å².